The second-order valence-electron chi connectivity index (χ2n) is 5.15. The fraction of sp³-hybridized carbons (Fsp3) is 0.615. The van der Waals surface area contributed by atoms with Gasteiger partial charge in [0, 0.05) is 11.9 Å². The number of nitrogens with zero attached hydrogens (tertiary/aromatic N) is 1. The van der Waals surface area contributed by atoms with Gasteiger partial charge in [-0.25, -0.2) is 0 Å². The van der Waals surface area contributed by atoms with E-state index in [-0.39, 0.29) is 0 Å². The maximum absolute atomic E-state index is 4.48. The SMILES string of the molecule is CCCc1ccc(CC(C)(C)C)nc1. The van der Waals surface area contributed by atoms with E-state index in [1.54, 1.807) is 0 Å². The molecule has 1 heteroatoms. The molecule has 0 saturated heterocycles. The molecule has 1 nitrogen and oxygen atoms in total. The van der Waals surface area contributed by atoms with E-state index in [2.05, 4.69) is 44.8 Å². The number of aryl methyl sites for hydroxylation is 1. The Morgan fingerprint density at radius 2 is 1.93 bits per heavy atom. The van der Waals surface area contributed by atoms with Crippen LogP contribution in [0, 0.1) is 5.41 Å². The molecule has 0 amide bonds. The summed E-state index contributed by atoms with van der Waals surface area (Å²) in [5, 5.41) is 0. The van der Waals surface area contributed by atoms with Crippen molar-refractivity contribution in [1.82, 2.24) is 4.98 Å². The van der Waals surface area contributed by atoms with Crippen molar-refractivity contribution < 1.29 is 0 Å². The van der Waals surface area contributed by atoms with Gasteiger partial charge >= 0.3 is 0 Å². The molecular formula is C13H21N. The van der Waals surface area contributed by atoms with Gasteiger partial charge in [0.15, 0.2) is 0 Å². The molecule has 0 N–H and O–H groups in total. The number of aromatic nitrogens is 1. The van der Waals surface area contributed by atoms with Gasteiger partial charge in [0.2, 0.25) is 0 Å². The lowest BCUT2D eigenvalue weighted by Crippen LogP contribution is -2.10. The summed E-state index contributed by atoms with van der Waals surface area (Å²) in [4.78, 5) is 4.48. The molecule has 0 aliphatic rings. The van der Waals surface area contributed by atoms with E-state index in [4.69, 9.17) is 0 Å². The van der Waals surface area contributed by atoms with Crippen LogP contribution in [0.4, 0.5) is 0 Å². The van der Waals surface area contributed by atoms with Crippen LogP contribution in [0.15, 0.2) is 18.3 Å². The molecule has 14 heavy (non-hydrogen) atoms. The first kappa shape index (κ1) is 11.2. The van der Waals surface area contributed by atoms with Crippen LogP contribution in [0.1, 0.15) is 45.4 Å². The Kier molecular flexibility index (Phi) is 3.68. The fourth-order valence-corrected chi connectivity index (χ4v) is 1.54. The minimum Gasteiger partial charge on any atom is -0.261 e. The van der Waals surface area contributed by atoms with Gasteiger partial charge < -0.3 is 0 Å². The Labute approximate surface area is 87.6 Å². The monoisotopic (exact) mass is 191 g/mol. The van der Waals surface area contributed by atoms with Gasteiger partial charge in [0.1, 0.15) is 0 Å². The highest BCUT2D eigenvalue weighted by Crippen LogP contribution is 2.19. The standard InChI is InChI=1S/C13H21N/c1-5-6-11-7-8-12(14-10-11)9-13(2,3)4/h7-8,10H,5-6,9H2,1-4H3. The molecule has 1 aromatic rings. The van der Waals surface area contributed by atoms with Gasteiger partial charge in [-0.3, -0.25) is 4.98 Å². The van der Waals surface area contributed by atoms with Gasteiger partial charge in [-0.15, -0.1) is 0 Å². The van der Waals surface area contributed by atoms with Gasteiger partial charge in [0.05, 0.1) is 0 Å². The van der Waals surface area contributed by atoms with Crippen molar-refractivity contribution in [3.63, 3.8) is 0 Å². The van der Waals surface area contributed by atoms with E-state index in [0.717, 1.165) is 12.8 Å². The van der Waals surface area contributed by atoms with Crippen LogP contribution in [0.25, 0.3) is 0 Å². The molecule has 0 aromatic carbocycles. The van der Waals surface area contributed by atoms with Crippen molar-refractivity contribution in [2.75, 3.05) is 0 Å². The lowest BCUT2D eigenvalue weighted by Gasteiger charge is -2.17. The minimum absolute atomic E-state index is 0.333. The summed E-state index contributed by atoms with van der Waals surface area (Å²) in [6.07, 6.45) is 5.41. The van der Waals surface area contributed by atoms with Crippen LogP contribution in [0.2, 0.25) is 0 Å². The quantitative estimate of drug-likeness (QED) is 0.711. The van der Waals surface area contributed by atoms with Gasteiger partial charge in [0.25, 0.3) is 0 Å². The molecule has 0 unspecified atom stereocenters. The third kappa shape index (κ3) is 3.91. The zero-order valence-corrected chi connectivity index (χ0v) is 9.80. The topological polar surface area (TPSA) is 12.9 Å². The number of hydrogen-bond donors (Lipinski definition) is 0. The van der Waals surface area contributed by atoms with E-state index < -0.39 is 0 Å². The first-order valence-corrected chi connectivity index (χ1v) is 5.45. The molecule has 0 saturated carbocycles. The van der Waals surface area contributed by atoms with Crippen molar-refractivity contribution in [3.05, 3.63) is 29.6 Å². The predicted molar refractivity (Wildman–Crippen MR) is 61.4 cm³/mol. The number of rotatable bonds is 3. The Morgan fingerprint density at radius 3 is 2.36 bits per heavy atom. The summed E-state index contributed by atoms with van der Waals surface area (Å²) < 4.78 is 0. The second kappa shape index (κ2) is 4.59. The summed E-state index contributed by atoms with van der Waals surface area (Å²) in [6.45, 7) is 8.93. The molecule has 78 valence electrons. The average molecular weight is 191 g/mol. The highest BCUT2D eigenvalue weighted by Gasteiger charge is 2.11. The second-order valence-corrected chi connectivity index (χ2v) is 5.15. The van der Waals surface area contributed by atoms with E-state index in [0.29, 0.717) is 5.41 Å². The smallest absolute Gasteiger partial charge is 0.0409 e. The molecule has 0 atom stereocenters. The molecule has 1 heterocycles. The molecule has 0 aliphatic carbocycles. The molecule has 1 rings (SSSR count). The minimum atomic E-state index is 0.333. The van der Waals surface area contributed by atoms with Crippen LogP contribution in [0.5, 0.6) is 0 Å². The van der Waals surface area contributed by atoms with Gasteiger partial charge in [-0.05, 0) is 29.9 Å². The zero-order chi connectivity index (χ0) is 10.6. The summed E-state index contributed by atoms with van der Waals surface area (Å²) in [6, 6.07) is 4.37. The van der Waals surface area contributed by atoms with Gasteiger partial charge in [-0.2, -0.15) is 0 Å². The number of pyridine rings is 1. The van der Waals surface area contributed by atoms with E-state index in [1.165, 1.54) is 17.7 Å². The van der Waals surface area contributed by atoms with Crippen LogP contribution < -0.4 is 0 Å². The van der Waals surface area contributed by atoms with Crippen molar-refractivity contribution in [1.29, 1.82) is 0 Å². The van der Waals surface area contributed by atoms with E-state index in [1.807, 2.05) is 6.20 Å². The highest BCUT2D eigenvalue weighted by atomic mass is 14.7. The maximum Gasteiger partial charge on any atom is 0.0409 e. The van der Waals surface area contributed by atoms with Crippen LogP contribution in [-0.4, -0.2) is 4.98 Å². The predicted octanol–water partition coefficient (Wildman–Crippen LogP) is 3.62. The van der Waals surface area contributed by atoms with Crippen molar-refractivity contribution in [2.24, 2.45) is 5.41 Å². The lowest BCUT2D eigenvalue weighted by molar-refractivity contribution is 0.406. The molecule has 0 spiro atoms. The lowest BCUT2D eigenvalue weighted by atomic mass is 9.90. The molecule has 1 aromatic heterocycles. The van der Waals surface area contributed by atoms with E-state index in [9.17, 15) is 0 Å². The third-order valence-electron chi connectivity index (χ3n) is 2.14. The average Bonchev–Trinajstić information content (AvgIpc) is 2.06. The van der Waals surface area contributed by atoms with Crippen molar-refractivity contribution in [2.45, 2.75) is 47.0 Å². The Hall–Kier alpha value is -0.850. The van der Waals surface area contributed by atoms with Crippen molar-refractivity contribution >= 4 is 0 Å². The first-order valence-electron chi connectivity index (χ1n) is 5.45. The van der Waals surface area contributed by atoms with Gasteiger partial charge in [-0.1, -0.05) is 40.2 Å². The Bertz CT molecular complexity index is 266. The zero-order valence-electron chi connectivity index (χ0n) is 9.80. The molecular weight excluding hydrogens is 170 g/mol. The van der Waals surface area contributed by atoms with Crippen LogP contribution in [-0.2, 0) is 12.8 Å². The summed E-state index contributed by atoms with van der Waals surface area (Å²) >= 11 is 0. The molecule has 0 fully saturated rings. The Balaban J connectivity index is 2.64. The molecule has 0 bridgehead atoms. The largest absolute Gasteiger partial charge is 0.261 e. The first-order chi connectivity index (χ1) is 6.51. The van der Waals surface area contributed by atoms with Crippen molar-refractivity contribution in [3.8, 4) is 0 Å². The normalized spacial score (nSPS) is 11.7. The molecule has 0 aliphatic heterocycles. The Morgan fingerprint density at radius 1 is 1.21 bits per heavy atom. The van der Waals surface area contributed by atoms with Crippen LogP contribution >= 0.6 is 0 Å². The molecule has 0 radical (unpaired) electrons. The summed E-state index contributed by atoms with van der Waals surface area (Å²) in [5.41, 5.74) is 2.89. The summed E-state index contributed by atoms with van der Waals surface area (Å²) in [7, 11) is 0. The highest BCUT2D eigenvalue weighted by molar-refractivity contribution is 5.14. The third-order valence-corrected chi connectivity index (χ3v) is 2.14. The summed E-state index contributed by atoms with van der Waals surface area (Å²) in [5.74, 6) is 0. The maximum atomic E-state index is 4.48. The number of hydrogen-bond acceptors (Lipinski definition) is 1. The van der Waals surface area contributed by atoms with E-state index >= 15 is 0 Å². The van der Waals surface area contributed by atoms with Crippen LogP contribution in [0.3, 0.4) is 0 Å². The fourth-order valence-electron chi connectivity index (χ4n) is 1.54.